The predicted octanol–water partition coefficient (Wildman–Crippen LogP) is 0.267. The van der Waals surface area contributed by atoms with E-state index in [1.165, 1.54) is 0 Å². The zero-order valence-electron chi connectivity index (χ0n) is 6.78. The Bertz CT molecular complexity index is 195. The van der Waals surface area contributed by atoms with Crippen LogP contribution in [0.25, 0.3) is 0 Å². The maximum atomic E-state index is 10.6. The molecule has 0 bridgehead atoms. The van der Waals surface area contributed by atoms with Gasteiger partial charge in [0.2, 0.25) is 0 Å². The number of hydrogen-bond acceptors (Lipinski definition) is 3. The average Bonchev–Trinajstić information content (AvgIpc) is 2.62. The van der Waals surface area contributed by atoms with Crippen molar-refractivity contribution in [2.45, 2.75) is 18.9 Å². The molecule has 0 aromatic heterocycles. The maximum Gasteiger partial charge on any atom is 0.332 e. The fourth-order valence-corrected chi connectivity index (χ4v) is 1.87. The van der Waals surface area contributed by atoms with Crippen molar-refractivity contribution in [1.82, 2.24) is 0 Å². The van der Waals surface area contributed by atoms with E-state index in [0.29, 0.717) is 19.6 Å². The van der Waals surface area contributed by atoms with Crippen LogP contribution in [0.4, 0.5) is 0 Å². The third-order valence-electron chi connectivity index (χ3n) is 2.67. The summed E-state index contributed by atoms with van der Waals surface area (Å²) in [5, 5.41) is 8.69. The highest BCUT2D eigenvalue weighted by Crippen LogP contribution is 2.39. The molecule has 0 amide bonds. The van der Waals surface area contributed by atoms with Crippen LogP contribution in [-0.4, -0.2) is 37.0 Å². The molecule has 2 unspecified atom stereocenters. The number of hydrogen-bond donors (Lipinski definition) is 1. The van der Waals surface area contributed by atoms with E-state index in [1.54, 1.807) is 0 Å². The van der Waals surface area contributed by atoms with Gasteiger partial charge in [0.15, 0.2) is 6.10 Å². The molecule has 68 valence electrons. The molecule has 2 rings (SSSR count). The molecule has 4 heteroatoms. The van der Waals surface area contributed by atoms with Gasteiger partial charge in [-0.05, 0) is 12.8 Å². The van der Waals surface area contributed by atoms with Crippen molar-refractivity contribution in [2.24, 2.45) is 5.41 Å². The van der Waals surface area contributed by atoms with Gasteiger partial charge in [-0.25, -0.2) is 4.79 Å². The van der Waals surface area contributed by atoms with Crippen LogP contribution in [0.15, 0.2) is 0 Å². The standard InChI is InChI=1S/C8H12O4/c9-7(10)6-3-8(5-12-6)1-2-11-4-8/h6H,1-5H2,(H,9,10). The number of carbonyl (C=O) groups is 1. The minimum absolute atomic E-state index is 0.0169. The third kappa shape index (κ3) is 1.21. The van der Waals surface area contributed by atoms with Gasteiger partial charge in [0, 0.05) is 12.0 Å². The van der Waals surface area contributed by atoms with Gasteiger partial charge in [-0.1, -0.05) is 0 Å². The Morgan fingerprint density at radius 3 is 2.83 bits per heavy atom. The molecule has 2 aliphatic heterocycles. The molecule has 2 heterocycles. The normalized spacial score (nSPS) is 40.8. The van der Waals surface area contributed by atoms with E-state index in [9.17, 15) is 4.79 Å². The first kappa shape index (κ1) is 8.01. The molecule has 2 atom stereocenters. The van der Waals surface area contributed by atoms with Crippen molar-refractivity contribution < 1.29 is 19.4 Å². The van der Waals surface area contributed by atoms with Crippen molar-refractivity contribution in [3.05, 3.63) is 0 Å². The Morgan fingerprint density at radius 1 is 1.50 bits per heavy atom. The molecule has 12 heavy (non-hydrogen) atoms. The molecular formula is C8H12O4. The summed E-state index contributed by atoms with van der Waals surface area (Å²) in [4.78, 5) is 10.6. The third-order valence-corrected chi connectivity index (χ3v) is 2.67. The van der Waals surface area contributed by atoms with E-state index >= 15 is 0 Å². The van der Waals surface area contributed by atoms with Crippen molar-refractivity contribution >= 4 is 5.97 Å². The van der Waals surface area contributed by atoms with Crippen molar-refractivity contribution in [2.75, 3.05) is 19.8 Å². The quantitative estimate of drug-likeness (QED) is 0.616. The van der Waals surface area contributed by atoms with Gasteiger partial charge in [-0.3, -0.25) is 0 Å². The van der Waals surface area contributed by atoms with Gasteiger partial charge in [0.05, 0.1) is 13.2 Å². The molecule has 2 fully saturated rings. The largest absolute Gasteiger partial charge is 0.479 e. The first-order chi connectivity index (χ1) is 5.72. The summed E-state index contributed by atoms with van der Waals surface area (Å²) in [5.41, 5.74) is 0.0169. The Labute approximate surface area is 70.5 Å². The van der Waals surface area contributed by atoms with Crippen LogP contribution in [0.2, 0.25) is 0 Å². The minimum atomic E-state index is -0.848. The fourth-order valence-electron chi connectivity index (χ4n) is 1.87. The molecule has 4 nitrogen and oxygen atoms in total. The Morgan fingerprint density at radius 2 is 2.33 bits per heavy atom. The molecular weight excluding hydrogens is 160 g/mol. The smallest absolute Gasteiger partial charge is 0.332 e. The van der Waals surface area contributed by atoms with Crippen LogP contribution >= 0.6 is 0 Å². The van der Waals surface area contributed by atoms with E-state index < -0.39 is 12.1 Å². The summed E-state index contributed by atoms with van der Waals surface area (Å²) >= 11 is 0. The van der Waals surface area contributed by atoms with Crippen molar-refractivity contribution in [3.8, 4) is 0 Å². The van der Waals surface area contributed by atoms with E-state index in [1.807, 2.05) is 0 Å². The summed E-state index contributed by atoms with van der Waals surface area (Å²) in [7, 11) is 0. The van der Waals surface area contributed by atoms with Gasteiger partial charge in [-0.15, -0.1) is 0 Å². The van der Waals surface area contributed by atoms with Gasteiger partial charge in [0.25, 0.3) is 0 Å². The Kier molecular flexibility index (Phi) is 1.81. The Balaban J connectivity index is 2.01. The lowest BCUT2D eigenvalue weighted by Gasteiger charge is -2.16. The highest BCUT2D eigenvalue weighted by Gasteiger charge is 2.45. The van der Waals surface area contributed by atoms with Gasteiger partial charge < -0.3 is 14.6 Å². The minimum Gasteiger partial charge on any atom is -0.479 e. The molecule has 2 aliphatic rings. The van der Waals surface area contributed by atoms with E-state index in [-0.39, 0.29) is 5.41 Å². The van der Waals surface area contributed by atoms with Crippen LogP contribution in [0.5, 0.6) is 0 Å². The van der Waals surface area contributed by atoms with Gasteiger partial charge >= 0.3 is 5.97 Å². The number of carboxylic acids is 1. The molecule has 0 aliphatic carbocycles. The highest BCUT2D eigenvalue weighted by atomic mass is 16.5. The maximum absolute atomic E-state index is 10.6. The molecule has 1 N–H and O–H groups in total. The zero-order valence-corrected chi connectivity index (χ0v) is 6.78. The van der Waals surface area contributed by atoms with Gasteiger partial charge in [0.1, 0.15) is 0 Å². The van der Waals surface area contributed by atoms with Crippen LogP contribution in [-0.2, 0) is 14.3 Å². The molecule has 1 spiro atoms. The summed E-state index contributed by atoms with van der Waals surface area (Å²) in [6.45, 7) is 1.95. The van der Waals surface area contributed by atoms with E-state index in [4.69, 9.17) is 14.6 Å². The first-order valence-corrected chi connectivity index (χ1v) is 4.14. The van der Waals surface area contributed by atoms with Gasteiger partial charge in [-0.2, -0.15) is 0 Å². The highest BCUT2D eigenvalue weighted by molar-refractivity contribution is 5.72. The second-order valence-corrected chi connectivity index (χ2v) is 3.64. The van der Waals surface area contributed by atoms with E-state index in [2.05, 4.69) is 0 Å². The first-order valence-electron chi connectivity index (χ1n) is 4.14. The Hall–Kier alpha value is -0.610. The zero-order chi connectivity index (χ0) is 8.60. The average molecular weight is 172 g/mol. The monoisotopic (exact) mass is 172 g/mol. The van der Waals surface area contributed by atoms with Crippen LogP contribution in [0.1, 0.15) is 12.8 Å². The molecule has 0 aromatic rings. The molecule has 0 radical (unpaired) electrons. The SMILES string of the molecule is O=C(O)C1CC2(CCOC2)CO1. The topological polar surface area (TPSA) is 55.8 Å². The summed E-state index contributed by atoms with van der Waals surface area (Å²) in [5.74, 6) is -0.848. The summed E-state index contributed by atoms with van der Waals surface area (Å²) in [6, 6.07) is 0. The lowest BCUT2D eigenvalue weighted by molar-refractivity contribution is -0.147. The van der Waals surface area contributed by atoms with Crippen LogP contribution in [0, 0.1) is 5.41 Å². The number of ether oxygens (including phenoxy) is 2. The summed E-state index contributed by atoms with van der Waals surface area (Å²) in [6.07, 6.45) is 0.950. The summed E-state index contributed by atoms with van der Waals surface area (Å²) < 4.78 is 10.4. The number of carboxylic acid groups (broad SMARTS) is 1. The molecule has 0 aromatic carbocycles. The fraction of sp³-hybridized carbons (Fsp3) is 0.875. The van der Waals surface area contributed by atoms with E-state index in [0.717, 1.165) is 13.0 Å². The number of aliphatic carboxylic acids is 1. The van der Waals surface area contributed by atoms with Crippen molar-refractivity contribution in [1.29, 1.82) is 0 Å². The predicted molar refractivity (Wildman–Crippen MR) is 39.9 cm³/mol. The number of rotatable bonds is 1. The van der Waals surface area contributed by atoms with Crippen molar-refractivity contribution in [3.63, 3.8) is 0 Å². The second kappa shape index (κ2) is 2.71. The second-order valence-electron chi connectivity index (χ2n) is 3.64. The van der Waals surface area contributed by atoms with Crippen LogP contribution in [0.3, 0.4) is 0 Å². The lowest BCUT2D eigenvalue weighted by atomic mass is 9.85. The lowest BCUT2D eigenvalue weighted by Crippen LogP contribution is -2.23. The molecule has 2 saturated heterocycles. The molecule has 0 saturated carbocycles. The van der Waals surface area contributed by atoms with Crippen LogP contribution < -0.4 is 0 Å².